The number of carbonyl (C=O) groups excluding carboxylic acids is 2. The molecule has 0 spiro atoms. The molecule has 1 atom stereocenters. The van der Waals surface area contributed by atoms with Gasteiger partial charge in [-0.15, -0.1) is 0 Å². The van der Waals surface area contributed by atoms with E-state index in [1.54, 1.807) is 36.4 Å². The van der Waals surface area contributed by atoms with Crippen molar-refractivity contribution in [2.45, 2.75) is 12.5 Å². The monoisotopic (exact) mass is 402 g/mol. The van der Waals surface area contributed by atoms with Gasteiger partial charge in [-0.25, -0.2) is 4.90 Å². The Bertz CT molecular complexity index is 841. The van der Waals surface area contributed by atoms with Crippen molar-refractivity contribution < 1.29 is 9.59 Å². The average Bonchev–Trinajstić information content (AvgIpc) is 2.80. The van der Waals surface area contributed by atoms with Gasteiger partial charge in [-0.05, 0) is 30.3 Å². The lowest BCUT2D eigenvalue weighted by Gasteiger charge is -2.18. The second-order valence-corrected chi connectivity index (χ2v) is 6.77. The van der Waals surface area contributed by atoms with Crippen molar-refractivity contribution >= 4 is 69.6 Å². The molecule has 1 aliphatic rings. The van der Waals surface area contributed by atoms with Crippen LogP contribution in [0.1, 0.15) is 6.42 Å². The van der Waals surface area contributed by atoms with Crippen LogP contribution in [-0.2, 0) is 9.59 Å². The van der Waals surface area contributed by atoms with Crippen LogP contribution in [0.3, 0.4) is 0 Å². The number of benzene rings is 2. The second-order valence-electron chi connectivity index (χ2n) is 5.17. The predicted molar refractivity (Wildman–Crippen MR) is 97.4 cm³/mol. The van der Waals surface area contributed by atoms with E-state index in [1.807, 2.05) is 0 Å². The number of carbonyl (C=O) groups is 2. The first-order valence-corrected chi connectivity index (χ1v) is 8.42. The van der Waals surface area contributed by atoms with Crippen molar-refractivity contribution in [3.63, 3.8) is 0 Å². The summed E-state index contributed by atoms with van der Waals surface area (Å²) in [7, 11) is 0. The summed E-state index contributed by atoms with van der Waals surface area (Å²) in [6, 6.07) is 8.96. The van der Waals surface area contributed by atoms with Crippen molar-refractivity contribution in [1.29, 1.82) is 0 Å². The number of anilines is 2. The first-order chi connectivity index (χ1) is 11.4. The van der Waals surface area contributed by atoms with Crippen molar-refractivity contribution in [2.75, 3.05) is 10.2 Å². The van der Waals surface area contributed by atoms with Gasteiger partial charge >= 0.3 is 0 Å². The number of nitrogens with zero attached hydrogens (tertiary/aromatic N) is 1. The molecule has 2 amide bonds. The molecule has 0 bridgehead atoms. The van der Waals surface area contributed by atoms with Crippen LogP contribution in [0.2, 0.25) is 20.1 Å². The molecule has 0 aromatic heterocycles. The van der Waals surface area contributed by atoms with E-state index in [0.29, 0.717) is 15.7 Å². The minimum Gasteiger partial charge on any atom is -0.373 e. The summed E-state index contributed by atoms with van der Waals surface area (Å²) in [5.41, 5.74) is 0.868. The Morgan fingerprint density at radius 3 is 2.42 bits per heavy atom. The number of imide groups is 1. The van der Waals surface area contributed by atoms with Crippen LogP contribution in [-0.4, -0.2) is 17.9 Å². The number of amides is 2. The fourth-order valence-electron chi connectivity index (χ4n) is 2.45. The number of hydrogen-bond acceptors (Lipinski definition) is 3. The highest BCUT2D eigenvalue weighted by Gasteiger charge is 2.40. The summed E-state index contributed by atoms with van der Waals surface area (Å²) in [6.45, 7) is 0. The molecular weight excluding hydrogens is 394 g/mol. The van der Waals surface area contributed by atoms with E-state index in [9.17, 15) is 9.59 Å². The third-order valence-corrected chi connectivity index (χ3v) is 5.13. The van der Waals surface area contributed by atoms with Crippen LogP contribution in [0, 0.1) is 0 Å². The van der Waals surface area contributed by atoms with Crippen LogP contribution >= 0.6 is 46.4 Å². The standard InChI is InChI=1S/C16H10Cl4N2O2/c17-9-5-4-8(6-11(9)19)21-12-7-14(23)22(16(12)24)13-3-1-2-10(18)15(13)20/h1-6,12,21H,7H2/t12-/m1/s1. The van der Waals surface area contributed by atoms with Gasteiger partial charge < -0.3 is 5.32 Å². The molecule has 24 heavy (non-hydrogen) atoms. The largest absolute Gasteiger partial charge is 0.373 e. The lowest BCUT2D eigenvalue weighted by Crippen LogP contribution is -2.35. The van der Waals surface area contributed by atoms with Crippen LogP contribution < -0.4 is 10.2 Å². The zero-order valence-corrected chi connectivity index (χ0v) is 15.0. The first-order valence-electron chi connectivity index (χ1n) is 6.91. The number of nitrogens with one attached hydrogen (secondary N) is 1. The SMILES string of the molecule is O=C1C[C@@H](Nc2ccc(Cl)c(Cl)c2)C(=O)N1c1cccc(Cl)c1Cl. The summed E-state index contributed by atoms with van der Waals surface area (Å²) in [5, 5.41) is 4.19. The Labute approximate surface area is 158 Å². The summed E-state index contributed by atoms with van der Waals surface area (Å²) in [6.07, 6.45) is 0.00191. The van der Waals surface area contributed by atoms with Crippen LogP contribution in [0.4, 0.5) is 11.4 Å². The molecule has 4 nitrogen and oxygen atoms in total. The topological polar surface area (TPSA) is 49.4 Å². The average molecular weight is 404 g/mol. The zero-order chi connectivity index (χ0) is 17.4. The molecule has 2 aromatic carbocycles. The fraction of sp³-hybridized carbons (Fsp3) is 0.125. The normalized spacial score (nSPS) is 17.5. The van der Waals surface area contributed by atoms with E-state index >= 15 is 0 Å². The van der Waals surface area contributed by atoms with E-state index in [2.05, 4.69) is 5.32 Å². The molecule has 1 N–H and O–H groups in total. The van der Waals surface area contributed by atoms with E-state index in [0.717, 1.165) is 4.90 Å². The van der Waals surface area contributed by atoms with E-state index in [1.165, 1.54) is 0 Å². The Balaban J connectivity index is 1.86. The van der Waals surface area contributed by atoms with E-state index < -0.39 is 11.9 Å². The van der Waals surface area contributed by atoms with Gasteiger partial charge in [0.15, 0.2) is 0 Å². The molecule has 2 aromatic rings. The molecule has 3 rings (SSSR count). The lowest BCUT2D eigenvalue weighted by molar-refractivity contribution is -0.121. The highest BCUT2D eigenvalue weighted by atomic mass is 35.5. The molecule has 0 aliphatic carbocycles. The highest BCUT2D eigenvalue weighted by Crippen LogP contribution is 2.35. The van der Waals surface area contributed by atoms with Crippen molar-refractivity contribution in [1.82, 2.24) is 0 Å². The quantitative estimate of drug-likeness (QED) is 0.730. The van der Waals surface area contributed by atoms with Gasteiger partial charge in [0, 0.05) is 5.69 Å². The van der Waals surface area contributed by atoms with Crippen LogP contribution in [0.5, 0.6) is 0 Å². The molecule has 0 radical (unpaired) electrons. The molecule has 1 saturated heterocycles. The zero-order valence-electron chi connectivity index (χ0n) is 12.0. The Kier molecular flexibility index (Phi) is 4.92. The predicted octanol–water partition coefficient (Wildman–Crippen LogP) is 5.04. The molecule has 0 saturated carbocycles. The van der Waals surface area contributed by atoms with Gasteiger partial charge in [0.05, 0.1) is 32.2 Å². The Hall–Kier alpha value is -1.46. The summed E-state index contributed by atoms with van der Waals surface area (Å²) < 4.78 is 0. The van der Waals surface area contributed by atoms with Crippen molar-refractivity contribution in [3.05, 3.63) is 56.5 Å². The highest BCUT2D eigenvalue weighted by molar-refractivity contribution is 6.45. The lowest BCUT2D eigenvalue weighted by atomic mass is 10.2. The summed E-state index contributed by atoms with van der Waals surface area (Å²) >= 11 is 23.9. The van der Waals surface area contributed by atoms with E-state index in [4.69, 9.17) is 46.4 Å². The second kappa shape index (κ2) is 6.81. The molecule has 124 valence electrons. The van der Waals surface area contributed by atoms with Gasteiger partial charge in [0.2, 0.25) is 5.91 Å². The Morgan fingerprint density at radius 2 is 1.71 bits per heavy atom. The molecule has 1 aliphatic heterocycles. The summed E-state index contributed by atoms with van der Waals surface area (Å²) in [4.78, 5) is 25.9. The van der Waals surface area contributed by atoms with Crippen LogP contribution in [0.15, 0.2) is 36.4 Å². The molecule has 8 heteroatoms. The van der Waals surface area contributed by atoms with Crippen molar-refractivity contribution in [2.24, 2.45) is 0 Å². The smallest absolute Gasteiger partial charge is 0.256 e. The molecule has 1 fully saturated rings. The Morgan fingerprint density at radius 1 is 0.958 bits per heavy atom. The number of rotatable bonds is 3. The minimum atomic E-state index is -0.718. The molecule has 1 heterocycles. The van der Waals surface area contributed by atoms with Crippen LogP contribution in [0.25, 0.3) is 0 Å². The third kappa shape index (κ3) is 3.20. The van der Waals surface area contributed by atoms with Gasteiger partial charge in [-0.3, -0.25) is 9.59 Å². The molecular formula is C16H10Cl4N2O2. The van der Waals surface area contributed by atoms with E-state index in [-0.39, 0.29) is 28.1 Å². The number of hydrogen-bond donors (Lipinski definition) is 1. The van der Waals surface area contributed by atoms with Crippen molar-refractivity contribution in [3.8, 4) is 0 Å². The van der Waals surface area contributed by atoms with Gasteiger partial charge in [0.1, 0.15) is 6.04 Å². The minimum absolute atomic E-state index is 0.00191. The maximum absolute atomic E-state index is 12.6. The summed E-state index contributed by atoms with van der Waals surface area (Å²) in [5.74, 6) is -0.767. The molecule has 0 unspecified atom stereocenters. The number of halogens is 4. The third-order valence-electron chi connectivity index (χ3n) is 3.58. The first kappa shape index (κ1) is 17.4. The maximum atomic E-state index is 12.6. The maximum Gasteiger partial charge on any atom is 0.256 e. The van der Waals surface area contributed by atoms with Gasteiger partial charge in [0.25, 0.3) is 5.91 Å². The fourth-order valence-corrected chi connectivity index (χ4v) is 3.13. The van der Waals surface area contributed by atoms with Gasteiger partial charge in [-0.1, -0.05) is 52.5 Å². The van der Waals surface area contributed by atoms with Gasteiger partial charge in [-0.2, -0.15) is 0 Å².